The van der Waals surface area contributed by atoms with Gasteiger partial charge in [0, 0.05) is 25.5 Å². The van der Waals surface area contributed by atoms with Crippen LogP contribution in [-0.2, 0) is 9.59 Å². The fourth-order valence-corrected chi connectivity index (χ4v) is 2.15. The number of quaternary nitrogens is 1. The lowest BCUT2D eigenvalue weighted by atomic mass is 10.1. The second kappa shape index (κ2) is 6.38. The number of nitrogens with one attached hydrogen (secondary N) is 2. The van der Waals surface area contributed by atoms with Crippen LogP contribution >= 0.6 is 0 Å². The van der Waals surface area contributed by atoms with E-state index in [0.29, 0.717) is 6.54 Å². The first kappa shape index (κ1) is 14.3. The van der Waals surface area contributed by atoms with Crippen molar-refractivity contribution in [2.45, 2.75) is 12.5 Å². The molecule has 0 bridgehead atoms. The Morgan fingerprint density at radius 2 is 2.10 bits per heavy atom. The first-order chi connectivity index (χ1) is 9.56. The SMILES string of the molecule is CN(C)c1ccc(NC(=O)C[C@@H]2[NH2+]CCNC2=O)cc1. The smallest absolute Gasteiger partial charge is 0.278 e. The Morgan fingerprint density at radius 1 is 1.40 bits per heavy atom. The van der Waals surface area contributed by atoms with E-state index in [0.717, 1.165) is 17.9 Å². The number of anilines is 2. The summed E-state index contributed by atoms with van der Waals surface area (Å²) in [7, 11) is 3.93. The molecule has 108 valence electrons. The molecule has 1 atom stereocenters. The van der Waals surface area contributed by atoms with Crippen LogP contribution in [0.25, 0.3) is 0 Å². The van der Waals surface area contributed by atoms with Crippen LogP contribution in [0.4, 0.5) is 11.4 Å². The molecule has 0 radical (unpaired) electrons. The molecule has 1 aromatic rings. The van der Waals surface area contributed by atoms with E-state index in [9.17, 15) is 9.59 Å². The number of rotatable bonds is 4. The maximum atomic E-state index is 11.9. The molecule has 6 heteroatoms. The van der Waals surface area contributed by atoms with Gasteiger partial charge >= 0.3 is 0 Å². The summed E-state index contributed by atoms with van der Waals surface area (Å²) in [6, 6.07) is 7.28. The molecule has 0 saturated carbocycles. The lowest BCUT2D eigenvalue weighted by Crippen LogP contribution is -2.96. The van der Waals surface area contributed by atoms with Gasteiger partial charge in [0.2, 0.25) is 5.91 Å². The summed E-state index contributed by atoms with van der Waals surface area (Å²) in [5.41, 5.74) is 1.82. The van der Waals surface area contributed by atoms with Crippen LogP contribution in [0.3, 0.4) is 0 Å². The molecule has 1 aromatic carbocycles. The predicted molar refractivity (Wildman–Crippen MR) is 77.6 cm³/mol. The predicted octanol–water partition coefficient (Wildman–Crippen LogP) is -0.857. The van der Waals surface area contributed by atoms with Gasteiger partial charge in [0.05, 0.1) is 19.5 Å². The Morgan fingerprint density at radius 3 is 2.70 bits per heavy atom. The summed E-state index contributed by atoms with van der Waals surface area (Å²) in [5.74, 6) is -0.199. The average molecular weight is 277 g/mol. The highest BCUT2D eigenvalue weighted by molar-refractivity contribution is 5.95. The van der Waals surface area contributed by atoms with Crippen molar-refractivity contribution in [1.82, 2.24) is 5.32 Å². The molecular formula is C14H21N4O2+. The van der Waals surface area contributed by atoms with E-state index in [-0.39, 0.29) is 24.3 Å². The van der Waals surface area contributed by atoms with Crippen molar-refractivity contribution in [1.29, 1.82) is 0 Å². The summed E-state index contributed by atoms with van der Waals surface area (Å²) in [6.45, 7) is 1.49. The van der Waals surface area contributed by atoms with Crippen LogP contribution in [-0.4, -0.2) is 45.0 Å². The van der Waals surface area contributed by atoms with Gasteiger partial charge in [-0.2, -0.15) is 0 Å². The second-order valence-corrected chi connectivity index (χ2v) is 5.12. The number of nitrogens with zero attached hydrogens (tertiary/aromatic N) is 1. The molecule has 1 aliphatic heterocycles. The molecule has 1 heterocycles. The van der Waals surface area contributed by atoms with Gasteiger partial charge < -0.3 is 20.9 Å². The van der Waals surface area contributed by atoms with E-state index in [1.54, 1.807) is 0 Å². The number of hydrogen-bond donors (Lipinski definition) is 3. The monoisotopic (exact) mass is 277 g/mol. The molecule has 4 N–H and O–H groups in total. The van der Waals surface area contributed by atoms with Gasteiger partial charge in [0.25, 0.3) is 5.91 Å². The zero-order chi connectivity index (χ0) is 14.5. The van der Waals surface area contributed by atoms with Crippen molar-refractivity contribution in [2.24, 2.45) is 0 Å². The van der Waals surface area contributed by atoms with Crippen molar-refractivity contribution in [3.8, 4) is 0 Å². The lowest BCUT2D eigenvalue weighted by molar-refractivity contribution is -0.678. The van der Waals surface area contributed by atoms with E-state index in [1.165, 1.54) is 0 Å². The molecule has 20 heavy (non-hydrogen) atoms. The first-order valence-corrected chi connectivity index (χ1v) is 6.74. The van der Waals surface area contributed by atoms with E-state index in [4.69, 9.17) is 0 Å². The number of hydrogen-bond acceptors (Lipinski definition) is 3. The Balaban J connectivity index is 1.89. The summed E-state index contributed by atoms with van der Waals surface area (Å²) >= 11 is 0. The van der Waals surface area contributed by atoms with E-state index < -0.39 is 0 Å². The van der Waals surface area contributed by atoms with Crippen molar-refractivity contribution < 1.29 is 14.9 Å². The minimum atomic E-state index is -0.315. The van der Waals surface area contributed by atoms with Crippen molar-refractivity contribution in [3.63, 3.8) is 0 Å². The maximum absolute atomic E-state index is 11.9. The molecule has 0 aliphatic carbocycles. The van der Waals surface area contributed by atoms with Crippen LogP contribution in [0, 0.1) is 0 Å². The topological polar surface area (TPSA) is 78.1 Å². The molecule has 1 aliphatic rings. The number of carbonyl (C=O) groups is 2. The number of amides is 2. The van der Waals surface area contributed by atoms with Crippen LogP contribution in [0.2, 0.25) is 0 Å². The van der Waals surface area contributed by atoms with Gasteiger partial charge in [0.1, 0.15) is 0 Å². The molecule has 6 nitrogen and oxygen atoms in total. The molecule has 0 aromatic heterocycles. The molecule has 1 fully saturated rings. The van der Waals surface area contributed by atoms with Crippen LogP contribution in [0.5, 0.6) is 0 Å². The lowest BCUT2D eigenvalue weighted by Gasteiger charge is -2.19. The van der Waals surface area contributed by atoms with Gasteiger partial charge in [-0.3, -0.25) is 9.59 Å². The highest BCUT2D eigenvalue weighted by Gasteiger charge is 2.27. The molecular weight excluding hydrogens is 256 g/mol. The zero-order valence-corrected chi connectivity index (χ0v) is 11.8. The Bertz CT molecular complexity index is 484. The highest BCUT2D eigenvalue weighted by atomic mass is 16.2. The summed E-state index contributed by atoms with van der Waals surface area (Å²) in [4.78, 5) is 25.5. The third-order valence-electron chi connectivity index (χ3n) is 3.30. The third-order valence-corrected chi connectivity index (χ3v) is 3.30. The standard InChI is InChI=1S/C14H20N4O2/c1-18(2)11-5-3-10(4-6-11)17-13(19)9-12-14(20)16-8-7-15-12/h3-6,12,15H,7-9H2,1-2H3,(H,16,20)(H,17,19)/p+1/t12-/m0/s1. The van der Waals surface area contributed by atoms with Gasteiger partial charge in [-0.25, -0.2) is 0 Å². The van der Waals surface area contributed by atoms with Crippen molar-refractivity contribution in [3.05, 3.63) is 24.3 Å². The van der Waals surface area contributed by atoms with E-state index >= 15 is 0 Å². The largest absolute Gasteiger partial charge is 0.378 e. The normalized spacial score (nSPS) is 18.3. The highest BCUT2D eigenvalue weighted by Crippen LogP contribution is 2.15. The second-order valence-electron chi connectivity index (χ2n) is 5.12. The number of nitrogens with two attached hydrogens (primary N) is 1. The van der Waals surface area contributed by atoms with Gasteiger partial charge in [-0.05, 0) is 24.3 Å². The van der Waals surface area contributed by atoms with Crippen LogP contribution in [0.1, 0.15) is 6.42 Å². The Kier molecular flexibility index (Phi) is 4.57. The Hall–Kier alpha value is -2.08. The van der Waals surface area contributed by atoms with E-state index in [1.807, 2.05) is 48.6 Å². The average Bonchev–Trinajstić information content (AvgIpc) is 2.42. The number of piperazine rings is 1. The number of benzene rings is 1. The maximum Gasteiger partial charge on any atom is 0.278 e. The van der Waals surface area contributed by atoms with Crippen molar-refractivity contribution in [2.75, 3.05) is 37.4 Å². The third kappa shape index (κ3) is 3.71. The first-order valence-electron chi connectivity index (χ1n) is 6.74. The van der Waals surface area contributed by atoms with Crippen LogP contribution in [0.15, 0.2) is 24.3 Å². The molecule has 0 unspecified atom stereocenters. The van der Waals surface area contributed by atoms with Crippen molar-refractivity contribution >= 4 is 23.2 Å². The number of carbonyl (C=O) groups excluding carboxylic acids is 2. The summed E-state index contributed by atoms with van der Waals surface area (Å²) < 4.78 is 0. The van der Waals surface area contributed by atoms with E-state index in [2.05, 4.69) is 10.6 Å². The fourth-order valence-electron chi connectivity index (χ4n) is 2.15. The van der Waals surface area contributed by atoms with Gasteiger partial charge in [-0.1, -0.05) is 0 Å². The van der Waals surface area contributed by atoms with Crippen LogP contribution < -0.4 is 20.9 Å². The molecule has 2 amide bonds. The summed E-state index contributed by atoms with van der Waals surface area (Å²) in [5, 5.41) is 7.49. The minimum Gasteiger partial charge on any atom is -0.378 e. The Labute approximate surface area is 118 Å². The molecule has 0 spiro atoms. The molecule has 2 rings (SSSR count). The minimum absolute atomic E-state index is 0.0608. The van der Waals surface area contributed by atoms with Gasteiger partial charge in [-0.15, -0.1) is 0 Å². The zero-order valence-electron chi connectivity index (χ0n) is 11.8. The van der Waals surface area contributed by atoms with Gasteiger partial charge in [0.15, 0.2) is 6.04 Å². The quantitative estimate of drug-likeness (QED) is 0.670. The molecule has 1 saturated heterocycles. The fraction of sp³-hybridized carbons (Fsp3) is 0.429. The summed E-state index contributed by atoms with van der Waals surface area (Å²) in [6.07, 6.45) is 0.196.